The van der Waals surface area contributed by atoms with Crippen molar-refractivity contribution in [1.82, 2.24) is 4.57 Å². The van der Waals surface area contributed by atoms with E-state index in [-0.39, 0.29) is 28.8 Å². The van der Waals surface area contributed by atoms with Gasteiger partial charge in [0, 0.05) is 25.7 Å². The number of aromatic carboxylic acids is 1. The number of carboxylic acid groups (broad SMARTS) is 1. The second kappa shape index (κ2) is 6.28. The number of nitrogens with two attached hydrogens (primary N) is 1. The molecule has 2 fully saturated rings. The summed E-state index contributed by atoms with van der Waals surface area (Å²) in [5.74, 6) is -2.07. The normalized spacial score (nSPS) is 27.3. The van der Waals surface area contributed by atoms with Gasteiger partial charge >= 0.3 is 5.97 Å². The number of carbonyl (C=O) groups is 1. The number of fused-ring (bicyclic) bond motifs is 2. The lowest BCUT2D eigenvalue weighted by atomic mass is 9.96. The van der Waals surface area contributed by atoms with Crippen LogP contribution in [0.5, 0.6) is 5.75 Å². The van der Waals surface area contributed by atoms with Crippen LogP contribution in [0.1, 0.15) is 35.7 Å². The molecule has 158 valence electrons. The molecule has 5 rings (SSSR count). The zero-order chi connectivity index (χ0) is 21.4. The Morgan fingerprint density at radius 3 is 2.77 bits per heavy atom. The van der Waals surface area contributed by atoms with E-state index in [1.807, 2.05) is 0 Å². The van der Waals surface area contributed by atoms with Gasteiger partial charge in [-0.3, -0.25) is 4.79 Å². The summed E-state index contributed by atoms with van der Waals surface area (Å²) >= 11 is 0. The molecule has 7 nitrogen and oxygen atoms in total. The Kier molecular flexibility index (Phi) is 3.99. The van der Waals surface area contributed by atoms with E-state index >= 15 is 4.39 Å². The highest BCUT2D eigenvalue weighted by Crippen LogP contribution is 2.47. The highest BCUT2D eigenvalue weighted by molar-refractivity contribution is 5.97. The van der Waals surface area contributed by atoms with Gasteiger partial charge in [-0.05, 0) is 24.5 Å². The van der Waals surface area contributed by atoms with Crippen LogP contribution in [-0.4, -0.2) is 47.6 Å². The third kappa shape index (κ3) is 2.57. The molecule has 0 amide bonds. The van der Waals surface area contributed by atoms with Crippen molar-refractivity contribution in [2.24, 2.45) is 5.73 Å². The highest BCUT2D eigenvalue weighted by atomic mass is 19.1. The van der Waals surface area contributed by atoms with Crippen LogP contribution in [0.25, 0.3) is 10.9 Å². The molecule has 2 aliphatic carbocycles. The lowest BCUT2D eigenvalue weighted by molar-refractivity contribution is 0.0694. The lowest BCUT2D eigenvalue weighted by Gasteiger charge is -2.26. The van der Waals surface area contributed by atoms with Gasteiger partial charge in [0.05, 0.1) is 29.6 Å². The van der Waals surface area contributed by atoms with Gasteiger partial charge in [0.15, 0.2) is 11.6 Å². The molecule has 9 heteroatoms. The minimum Gasteiger partial charge on any atom is -0.492 e. The maximum absolute atomic E-state index is 15.3. The van der Waals surface area contributed by atoms with E-state index in [0.29, 0.717) is 13.1 Å². The van der Waals surface area contributed by atoms with Gasteiger partial charge in [-0.25, -0.2) is 13.6 Å². The fourth-order valence-corrected chi connectivity index (χ4v) is 4.82. The molecule has 2 heterocycles. The van der Waals surface area contributed by atoms with Crippen molar-refractivity contribution in [1.29, 1.82) is 0 Å². The summed E-state index contributed by atoms with van der Waals surface area (Å²) in [6.45, 7) is 0.826. The smallest absolute Gasteiger partial charge is 0.341 e. The number of methoxy groups -OCH3 is 1. The second-order valence-electron chi connectivity index (χ2n) is 8.32. The number of hydrogen-bond acceptors (Lipinski definition) is 5. The zero-order valence-electron chi connectivity index (χ0n) is 16.3. The van der Waals surface area contributed by atoms with E-state index in [1.54, 1.807) is 4.90 Å². The number of anilines is 1. The SMILES string of the molecule is COc1c(N2CC3=CCC[C@@]3(N)C2)c(F)cc2c(=O)c(C(=O)O)cn(C3C[C@@H]3F)c12. The summed E-state index contributed by atoms with van der Waals surface area (Å²) in [6.07, 6.45) is 3.88. The quantitative estimate of drug-likeness (QED) is 0.742. The summed E-state index contributed by atoms with van der Waals surface area (Å²) in [5, 5.41) is 9.26. The number of hydrogen-bond donors (Lipinski definition) is 2. The molecule has 1 aromatic carbocycles. The minimum absolute atomic E-state index is 0.0855. The van der Waals surface area contributed by atoms with Crippen molar-refractivity contribution < 1.29 is 23.4 Å². The number of carboxylic acids is 1. The van der Waals surface area contributed by atoms with Crippen LogP contribution in [0, 0.1) is 5.82 Å². The number of aromatic nitrogens is 1. The van der Waals surface area contributed by atoms with Gasteiger partial charge in [-0.15, -0.1) is 0 Å². The van der Waals surface area contributed by atoms with Crippen molar-refractivity contribution in [3.8, 4) is 5.75 Å². The first-order chi connectivity index (χ1) is 14.2. The molecule has 3 aliphatic rings. The molecule has 0 radical (unpaired) electrons. The number of benzene rings is 1. The number of allylic oxidation sites excluding steroid dienone is 1. The van der Waals surface area contributed by atoms with Gasteiger partial charge in [0.2, 0.25) is 5.43 Å². The molecular weight excluding hydrogens is 396 g/mol. The van der Waals surface area contributed by atoms with Crippen molar-refractivity contribution in [2.45, 2.75) is 37.0 Å². The summed E-state index contributed by atoms with van der Waals surface area (Å²) in [6, 6.07) is 0.402. The second-order valence-corrected chi connectivity index (χ2v) is 8.32. The first kappa shape index (κ1) is 19.0. The average molecular weight is 417 g/mol. The number of alkyl halides is 1. The van der Waals surface area contributed by atoms with Gasteiger partial charge < -0.3 is 25.0 Å². The monoisotopic (exact) mass is 417 g/mol. The molecule has 30 heavy (non-hydrogen) atoms. The van der Waals surface area contributed by atoms with E-state index in [9.17, 15) is 19.1 Å². The Morgan fingerprint density at radius 2 is 2.17 bits per heavy atom. The van der Waals surface area contributed by atoms with E-state index < -0.39 is 40.5 Å². The topological polar surface area (TPSA) is 97.8 Å². The maximum Gasteiger partial charge on any atom is 0.341 e. The van der Waals surface area contributed by atoms with Crippen LogP contribution in [0.4, 0.5) is 14.5 Å². The van der Waals surface area contributed by atoms with Gasteiger partial charge in [-0.2, -0.15) is 0 Å². The molecule has 0 spiro atoms. The lowest BCUT2D eigenvalue weighted by Crippen LogP contribution is -2.42. The third-order valence-corrected chi connectivity index (χ3v) is 6.44. The molecule has 0 bridgehead atoms. The molecular formula is C21H21F2N3O4. The van der Waals surface area contributed by atoms with Crippen LogP contribution in [0.3, 0.4) is 0 Å². The Balaban J connectivity index is 1.78. The summed E-state index contributed by atoms with van der Waals surface area (Å²) in [7, 11) is 1.35. The predicted molar refractivity (Wildman–Crippen MR) is 107 cm³/mol. The molecule has 1 saturated carbocycles. The highest BCUT2D eigenvalue weighted by Gasteiger charge is 2.44. The average Bonchev–Trinajstić information content (AvgIpc) is 3.16. The molecule has 1 saturated heterocycles. The fourth-order valence-electron chi connectivity index (χ4n) is 4.82. The Bertz CT molecular complexity index is 1190. The van der Waals surface area contributed by atoms with Crippen LogP contribution >= 0.6 is 0 Å². The van der Waals surface area contributed by atoms with Crippen molar-refractivity contribution >= 4 is 22.6 Å². The first-order valence-electron chi connectivity index (χ1n) is 9.81. The van der Waals surface area contributed by atoms with Crippen LogP contribution in [0.15, 0.2) is 28.7 Å². The molecule has 3 N–H and O–H groups in total. The molecule has 1 aliphatic heterocycles. The van der Waals surface area contributed by atoms with Gasteiger partial charge in [0.1, 0.15) is 17.4 Å². The Labute approximate surface area is 170 Å². The van der Waals surface area contributed by atoms with E-state index in [0.717, 1.165) is 30.7 Å². The number of halogens is 2. The molecule has 1 unspecified atom stereocenters. The van der Waals surface area contributed by atoms with E-state index in [2.05, 4.69) is 6.08 Å². The molecule has 2 aromatic rings. The Morgan fingerprint density at radius 1 is 1.43 bits per heavy atom. The molecule has 3 atom stereocenters. The van der Waals surface area contributed by atoms with Gasteiger partial charge in [0.25, 0.3) is 0 Å². The van der Waals surface area contributed by atoms with Crippen molar-refractivity contribution in [2.75, 3.05) is 25.1 Å². The van der Waals surface area contributed by atoms with E-state index in [4.69, 9.17) is 10.5 Å². The van der Waals surface area contributed by atoms with Crippen molar-refractivity contribution in [3.05, 3.63) is 45.5 Å². The number of ether oxygens (including phenoxy) is 1. The largest absolute Gasteiger partial charge is 0.492 e. The van der Waals surface area contributed by atoms with Crippen LogP contribution < -0.4 is 20.8 Å². The Hall–Kier alpha value is -2.94. The minimum atomic E-state index is -1.44. The number of pyridine rings is 1. The van der Waals surface area contributed by atoms with Gasteiger partial charge in [-0.1, -0.05) is 6.08 Å². The van der Waals surface area contributed by atoms with Crippen LogP contribution in [0.2, 0.25) is 0 Å². The molecule has 1 aromatic heterocycles. The number of nitrogens with zero attached hydrogens (tertiary/aromatic N) is 2. The first-order valence-corrected chi connectivity index (χ1v) is 9.81. The maximum atomic E-state index is 15.3. The van der Waals surface area contributed by atoms with E-state index in [1.165, 1.54) is 11.7 Å². The summed E-state index contributed by atoms with van der Waals surface area (Å²) < 4.78 is 36.2. The fraction of sp³-hybridized carbons (Fsp3) is 0.429. The zero-order valence-corrected chi connectivity index (χ0v) is 16.3. The van der Waals surface area contributed by atoms with Crippen molar-refractivity contribution in [3.63, 3.8) is 0 Å². The predicted octanol–water partition coefficient (Wildman–Crippen LogP) is 2.37. The summed E-state index contributed by atoms with van der Waals surface area (Å²) in [4.78, 5) is 26.1. The standard InChI is InChI=1S/C21H21F2N3O4/c1-30-19-16-11(18(27)12(20(28)29)8-26(16)15-6-13(15)22)5-14(23)17(19)25-7-10-3-2-4-21(10,24)9-25/h3,5,8,13,15H,2,4,6-7,9,24H2,1H3,(H,28,29)/t13-,15?,21+/m0/s1. The van der Waals surface area contributed by atoms with Crippen LogP contribution in [-0.2, 0) is 0 Å². The number of rotatable bonds is 4. The third-order valence-electron chi connectivity index (χ3n) is 6.44. The summed E-state index contributed by atoms with van der Waals surface area (Å²) in [5.41, 5.74) is 5.99.